The third kappa shape index (κ3) is 5.08. The lowest BCUT2D eigenvalue weighted by Gasteiger charge is -2.26. The zero-order chi connectivity index (χ0) is 22.5. The third-order valence-electron chi connectivity index (χ3n) is 7.71. The van der Waals surface area contributed by atoms with Crippen molar-refractivity contribution < 1.29 is 9.53 Å². The lowest BCUT2D eigenvalue weighted by Crippen LogP contribution is -2.32. The summed E-state index contributed by atoms with van der Waals surface area (Å²) in [7, 11) is 2.15. The van der Waals surface area contributed by atoms with Crippen LogP contribution in [0.1, 0.15) is 65.2 Å². The van der Waals surface area contributed by atoms with Gasteiger partial charge in [-0.3, -0.25) is 9.36 Å². The molecule has 2 fully saturated rings. The highest BCUT2D eigenvalue weighted by molar-refractivity contribution is 5.88. The van der Waals surface area contributed by atoms with Gasteiger partial charge in [0.05, 0.1) is 5.39 Å². The number of hydrogen-bond donors (Lipinski definition) is 1. The molecule has 2 aromatic heterocycles. The molecule has 0 bridgehead atoms. The lowest BCUT2D eigenvalue weighted by atomic mass is 9.94. The van der Waals surface area contributed by atoms with E-state index in [0.717, 1.165) is 54.6 Å². The number of rotatable bonds is 11. The monoisotopic (exact) mass is 441 g/mol. The molecule has 2 aliphatic rings. The SMILES string of the molecule is CCCCC(CC)CCC(=O)OCn1ccc2c(N(C)C3C[C@H]4CNC[C@H]4C3)ncnc21. The highest BCUT2D eigenvalue weighted by Crippen LogP contribution is 2.38. The van der Waals surface area contributed by atoms with Crippen molar-refractivity contribution in [1.29, 1.82) is 0 Å². The van der Waals surface area contributed by atoms with Crippen LogP contribution in [0.25, 0.3) is 11.0 Å². The number of carbonyl (C=O) groups is 1. The molecule has 3 heterocycles. The number of aromatic nitrogens is 3. The average molecular weight is 442 g/mol. The molecule has 4 atom stereocenters. The molecule has 1 saturated carbocycles. The second-order valence-corrected chi connectivity index (χ2v) is 9.74. The quantitative estimate of drug-likeness (QED) is 0.522. The second-order valence-electron chi connectivity index (χ2n) is 9.74. The first-order chi connectivity index (χ1) is 15.6. The Bertz CT molecular complexity index is 886. The smallest absolute Gasteiger partial charge is 0.307 e. The predicted molar refractivity (Wildman–Crippen MR) is 127 cm³/mol. The maximum atomic E-state index is 12.3. The number of unbranched alkanes of at least 4 members (excludes halogenated alkanes) is 1. The molecule has 0 spiro atoms. The van der Waals surface area contributed by atoms with E-state index < -0.39 is 0 Å². The molecule has 0 aromatic carbocycles. The first kappa shape index (κ1) is 23.0. The molecular weight excluding hydrogens is 402 g/mol. The summed E-state index contributed by atoms with van der Waals surface area (Å²) in [6.07, 6.45) is 12.2. The molecule has 176 valence electrons. The fourth-order valence-corrected chi connectivity index (χ4v) is 5.58. The van der Waals surface area contributed by atoms with Gasteiger partial charge in [-0.1, -0.05) is 39.5 Å². The van der Waals surface area contributed by atoms with Gasteiger partial charge in [-0.05, 0) is 56.2 Å². The molecule has 0 amide bonds. The highest BCUT2D eigenvalue weighted by Gasteiger charge is 2.39. The van der Waals surface area contributed by atoms with Gasteiger partial charge in [0.15, 0.2) is 6.73 Å². The summed E-state index contributed by atoms with van der Waals surface area (Å²) in [5, 5.41) is 4.54. The highest BCUT2D eigenvalue weighted by atomic mass is 16.5. The number of esters is 1. The average Bonchev–Trinajstić information content (AvgIpc) is 3.52. The summed E-state index contributed by atoms with van der Waals surface area (Å²) in [6.45, 7) is 6.92. The summed E-state index contributed by atoms with van der Waals surface area (Å²) in [5.41, 5.74) is 0.823. The van der Waals surface area contributed by atoms with Crippen LogP contribution in [0.4, 0.5) is 5.82 Å². The van der Waals surface area contributed by atoms with Gasteiger partial charge in [0.25, 0.3) is 0 Å². The van der Waals surface area contributed by atoms with Crippen LogP contribution in [0.15, 0.2) is 18.6 Å². The van der Waals surface area contributed by atoms with Crippen molar-refractivity contribution in [3.8, 4) is 0 Å². The van der Waals surface area contributed by atoms with Crippen molar-refractivity contribution in [2.24, 2.45) is 17.8 Å². The molecule has 1 N–H and O–H groups in total. The minimum Gasteiger partial charge on any atom is -0.444 e. The number of anilines is 1. The zero-order valence-corrected chi connectivity index (χ0v) is 19.9. The normalized spacial score (nSPS) is 23.4. The van der Waals surface area contributed by atoms with Crippen LogP contribution < -0.4 is 10.2 Å². The molecule has 1 aliphatic heterocycles. The number of carbonyl (C=O) groups excluding carboxylic acids is 1. The van der Waals surface area contributed by atoms with Gasteiger partial charge in [0.1, 0.15) is 17.8 Å². The molecule has 1 aliphatic carbocycles. The van der Waals surface area contributed by atoms with E-state index in [1.165, 1.54) is 32.1 Å². The number of nitrogens with one attached hydrogen (secondary N) is 1. The fourth-order valence-electron chi connectivity index (χ4n) is 5.58. The van der Waals surface area contributed by atoms with E-state index in [9.17, 15) is 4.79 Å². The minimum absolute atomic E-state index is 0.126. The molecule has 4 rings (SSSR count). The summed E-state index contributed by atoms with van der Waals surface area (Å²) in [5.74, 6) is 3.04. The van der Waals surface area contributed by atoms with E-state index in [4.69, 9.17) is 4.74 Å². The van der Waals surface area contributed by atoms with Gasteiger partial charge >= 0.3 is 5.97 Å². The van der Waals surface area contributed by atoms with Gasteiger partial charge in [-0.15, -0.1) is 0 Å². The maximum Gasteiger partial charge on any atom is 0.307 e. The van der Waals surface area contributed by atoms with E-state index in [1.54, 1.807) is 6.33 Å². The van der Waals surface area contributed by atoms with Crippen molar-refractivity contribution in [1.82, 2.24) is 19.9 Å². The molecule has 7 nitrogen and oxygen atoms in total. The van der Waals surface area contributed by atoms with Crippen LogP contribution >= 0.6 is 0 Å². The largest absolute Gasteiger partial charge is 0.444 e. The van der Waals surface area contributed by atoms with Crippen LogP contribution in [-0.2, 0) is 16.3 Å². The van der Waals surface area contributed by atoms with Gasteiger partial charge in [0.2, 0.25) is 0 Å². The van der Waals surface area contributed by atoms with E-state index in [0.29, 0.717) is 18.4 Å². The van der Waals surface area contributed by atoms with Gasteiger partial charge in [-0.2, -0.15) is 0 Å². The fraction of sp³-hybridized carbons (Fsp3) is 0.720. The lowest BCUT2D eigenvalue weighted by molar-refractivity contribution is -0.147. The number of nitrogens with zero attached hydrogens (tertiary/aromatic N) is 4. The molecule has 2 unspecified atom stereocenters. The Kier molecular flexibility index (Phi) is 7.66. The summed E-state index contributed by atoms with van der Waals surface area (Å²) in [4.78, 5) is 23.8. The van der Waals surface area contributed by atoms with Crippen molar-refractivity contribution in [2.45, 2.75) is 78.0 Å². The number of hydrogen-bond acceptors (Lipinski definition) is 6. The van der Waals surface area contributed by atoms with Crippen LogP contribution in [0.5, 0.6) is 0 Å². The van der Waals surface area contributed by atoms with E-state index >= 15 is 0 Å². The Balaban J connectivity index is 1.35. The van der Waals surface area contributed by atoms with Crippen LogP contribution in [0, 0.1) is 17.8 Å². The summed E-state index contributed by atoms with van der Waals surface area (Å²) < 4.78 is 7.50. The Labute approximate surface area is 191 Å². The molecule has 32 heavy (non-hydrogen) atoms. The van der Waals surface area contributed by atoms with Crippen LogP contribution in [0.3, 0.4) is 0 Å². The Morgan fingerprint density at radius 3 is 2.75 bits per heavy atom. The molecule has 0 radical (unpaired) electrons. The van der Waals surface area contributed by atoms with E-state index in [1.807, 2.05) is 16.8 Å². The van der Waals surface area contributed by atoms with Crippen molar-refractivity contribution in [3.63, 3.8) is 0 Å². The van der Waals surface area contributed by atoms with Crippen molar-refractivity contribution in [3.05, 3.63) is 18.6 Å². The minimum atomic E-state index is -0.126. The number of ether oxygens (including phenoxy) is 1. The van der Waals surface area contributed by atoms with E-state index in [-0.39, 0.29) is 12.7 Å². The van der Waals surface area contributed by atoms with Gasteiger partial charge in [-0.25, -0.2) is 9.97 Å². The van der Waals surface area contributed by atoms with Crippen LogP contribution in [0.2, 0.25) is 0 Å². The Morgan fingerprint density at radius 1 is 1.25 bits per heavy atom. The van der Waals surface area contributed by atoms with Crippen molar-refractivity contribution >= 4 is 22.8 Å². The second kappa shape index (κ2) is 10.6. The summed E-state index contributed by atoms with van der Waals surface area (Å²) >= 11 is 0. The molecule has 7 heteroatoms. The summed E-state index contributed by atoms with van der Waals surface area (Å²) in [6, 6.07) is 2.56. The van der Waals surface area contributed by atoms with Crippen LogP contribution in [-0.4, -0.2) is 46.7 Å². The molecule has 1 saturated heterocycles. The number of fused-ring (bicyclic) bond motifs is 2. The molecular formula is C25H39N5O2. The third-order valence-corrected chi connectivity index (χ3v) is 7.71. The maximum absolute atomic E-state index is 12.3. The Morgan fingerprint density at radius 2 is 2.03 bits per heavy atom. The molecule has 2 aromatic rings. The van der Waals surface area contributed by atoms with Crippen molar-refractivity contribution in [2.75, 3.05) is 25.0 Å². The van der Waals surface area contributed by atoms with E-state index in [2.05, 4.69) is 41.1 Å². The standard InChI is InChI=1S/C25H39N5O2/c1-4-6-7-18(5-2)8-9-23(31)32-17-30-11-10-22-24(27-16-28-25(22)30)29(3)21-12-19-14-26-15-20(19)13-21/h10-11,16,18-21,26H,4-9,12-15,17H2,1-3H3/t18?,19-,20+,21?. The van der Waals surface area contributed by atoms with Gasteiger partial charge < -0.3 is 15.0 Å². The first-order valence-electron chi connectivity index (χ1n) is 12.5. The Hall–Kier alpha value is -2.15. The van der Waals surface area contributed by atoms with Gasteiger partial charge in [0, 0.05) is 25.7 Å². The zero-order valence-electron chi connectivity index (χ0n) is 19.9. The first-order valence-corrected chi connectivity index (χ1v) is 12.5. The topological polar surface area (TPSA) is 72.3 Å². The predicted octanol–water partition coefficient (Wildman–Crippen LogP) is 4.36.